The van der Waals surface area contributed by atoms with Crippen molar-refractivity contribution in [3.05, 3.63) is 96.6 Å². The number of nitrogens with zero attached hydrogens (tertiary/aromatic N) is 3. The van der Waals surface area contributed by atoms with Crippen LogP contribution in [0.5, 0.6) is 0 Å². The van der Waals surface area contributed by atoms with E-state index in [1.54, 1.807) is 11.3 Å². The second-order valence-electron chi connectivity index (χ2n) is 8.37. The molecule has 2 heterocycles. The Balaban J connectivity index is 1.60. The van der Waals surface area contributed by atoms with Crippen molar-refractivity contribution >= 4 is 28.1 Å². The normalized spacial score (nSPS) is 14.8. The van der Waals surface area contributed by atoms with Crippen molar-refractivity contribution < 1.29 is 4.79 Å². The van der Waals surface area contributed by atoms with Crippen molar-refractivity contribution in [1.29, 1.82) is 0 Å². The van der Waals surface area contributed by atoms with Crippen molar-refractivity contribution in [1.82, 2.24) is 9.88 Å². The Morgan fingerprint density at radius 3 is 2.00 bits per heavy atom. The number of aromatic nitrogens is 1. The molecule has 0 saturated carbocycles. The van der Waals surface area contributed by atoms with Gasteiger partial charge in [-0.1, -0.05) is 102 Å². The van der Waals surface area contributed by atoms with Gasteiger partial charge in [-0.05, 0) is 12.8 Å². The van der Waals surface area contributed by atoms with Crippen LogP contribution in [0.2, 0.25) is 0 Å². The van der Waals surface area contributed by atoms with E-state index in [4.69, 9.17) is 15.7 Å². The number of likely N-dealkylation sites (tertiary alicyclic amines) is 1. The summed E-state index contributed by atoms with van der Waals surface area (Å²) < 4.78 is 0. The maximum atomic E-state index is 11.7. The third-order valence-corrected chi connectivity index (χ3v) is 7.11. The van der Waals surface area contributed by atoms with Crippen LogP contribution in [0.15, 0.2) is 96.0 Å². The number of benzene rings is 3. The first-order chi connectivity index (χ1) is 16.7. The Kier molecular flexibility index (Phi) is 6.49. The van der Waals surface area contributed by atoms with Crippen LogP contribution in [-0.2, 0) is 4.79 Å². The van der Waals surface area contributed by atoms with E-state index in [0.29, 0.717) is 0 Å². The number of thiazole rings is 1. The Hall–Kier alpha value is -3.77. The molecule has 5 nitrogen and oxygen atoms in total. The highest BCUT2D eigenvalue weighted by Crippen LogP contribution is 2.40. The minimum atomic E-state index is -0.209. The molecule has 0 bridgehead atoms. The van der Waals surface area contributed by atoms with Gasteiger partial charge in [0.2, 0.25) is 5.91 Å². The third-order valence-electron chi connectivity index (χ3n) is 6.11. The number of primary amides is 1. The molecule has 0 atom stereocenters. The third kappa shape index (κ3) is 4.77. The van der Waals surface area contributed by atoms with Gasteiger partial charge in [0.05, 0.1) is 0 Å². The SMILES string of the molecule is NC(=O)C1CCN(C(=Nc2sc(-c3ccccc3)nc2-c2ccccc2)c2ccccc2)CC1. The molecule has 0 radical (unpaired) electrons. The first-order valence-electron chi connectivity index (χ1n) is 11.5. The average molecular weight is 467 g/mol. The Bertz CT molecular complexity index is 1280. The second kappa shape index (κ2) is 10.0. The fourth-order valence-corrected chi connectivity index (χ4v) is 5.22. The molecule has 0 aliphatic carbocycles. The molecule has 3 aromatic carbocycles. The predicted molar refractivity (Wildman–Crippen MR) is 139 cm³/mol. The molecule has 1 aliphatic rings. The molecule has 6 heteroatoms. The highest BCUT2D eigenvalue weighted by Gasteiger charge is 2.26. The summed E-state index contributed by atoms with van der Waals surface area (Å²) in [5, 5.41) is 1.82. The van der Waals surface area contributed by atoms with Gasteiger partial charge in [0.15, 0.2) is 0 Å². The number of piperidine rings is 1. The summed E-state index contributed by atoms with van der Waals surface area (Å²) in [4.78, 5) is 24.2. The molecule has 4 aromatic rings. The summed E-state index contributed by atoms with van der Waals surface area (Å²) >= 11 is 1.60. The number of amidine groups is 1. The molecular formula is C28H26N4OS. The standard InChI is InChI=1S/C28H26N4OS/c29-25(33)21-16-18-32(19-17-21)26(22-12-6-2-7-13-22)31-28-24(20-10-4-1-5-11-20)30-27(34-28)23-14-8-3-9-15-23/h1-15,21H,16-19H2,(H2,29,33). The zero-order chi connectivity index (χ0) is 23.3. The number of hydrogen-bond donors (Lipinski definition) is 1. The van der Waals surface area contributed by atoms with Crippen LogP contribution < -0.4 is 5.73 Å². The van der Waals surface area contributed by atoms with E-state index in [9.17, 15) is 4.79 Å². The Labute approximate surface area is 203 Å². The smallest absolute Gasteiger partial charge is 0.220 e. The molecule has 170 valence electrons. The van der Waals surface area contributed by atoms with Gasteiger partial charge in [-0.25, -0.2) is 9.98 Å². The van der Waals surface area contributed by atoms with Crippen molar-refractivity contribution in [3.8, 4) is 21.8 Å². The van der Waals surface area contributed by atoms with Crippen LogP contribution in [-0.4, -0.2) is 34.7 Å². The largest absolute Gasteiger partial charge is 0.369 e. The van der Waals surface area contributed by atoms with Crippen molar-refractivity contribution in [2.75, 3.05) is 13.1 Å². The minimum Gasteiger partial charge on any atom is -0.369 e. The van der Waals surface area contributed by atoms with Crippen LogP contribution in [0, 0.1) is 5.92 Å². The number of aliphatic imine (C=N–C) groups is 1. The molecule has 1 aromatic heterocycles. The molecule has 2 N–H and O–H groups in total. The van der Waals surface area contributed by atoms with Gasteiger partial charge in [-0.2, -0.15) is 0 Å². The van der Waals surface area contributed by atoms with E-state index in [2.05, 4.69) is 41.3 Å². The number of rotatable bonds is 5. The fraction of sp³-hybridized carbons (Fsp3) is 0.179. The van der Waals surface area contributed by atoms with Gasteiger partial charge < -0.3 is 10.6 Å². The summed E-state index contributed by atoms with van der Waals surface area (Å²) in [5.41, 5.74) is 9.62. The number of carbonyl (C=O) groups excluding carboxylic acids is 1. The van der Waals surface area contributed by atoms with E-state index in [1.807, 2.05) is 54.6 Å². The summed E-state index contributed by atoms with van der Waals surface area (Å²) in [6, 6.07) is 30.7. The summed E-state index contributed by atoms with van der Waals surface area (Å²) in [6.45, 7) is 1.48. The number of nitrogens with two attached hydrogens (primary N) is 1. The van der Waals surface area contributed by atoms with E-state index >= 15 is 0 Å². The van der Waals surface area contributed by atoms with Gasteiger partial charge in [-0.3, -0.25) is 4.79 Å². The maximum Gasteiger partial charge on any atom is 0.220 e. The first kappa shape index (κ1) is 22.0. The van der Waals surface area contributed by atoms with Crippen molar-refractivity contribution in [3.63, 3.8) is 0 Å². The van der Waals surface area contributed by atoms with Crippen molar-refractivity contribution in [2.24, 2.45) is 16.6 Å². The molecule has 0 spiro atoms. The zero-order valence-electron chi connectivity index (χ0n) is 18.8. The fourth-order valence-electron chi connectivity index (χ4n) is 4.25. The molecule has 1 saturated heterocycles. The molecule has 34 heavy (non-hydrogen) atoms. The van der Waals surface area contributed by atoms with E-state index in [1.165, 1.54) is 0 Å². The van der Waals surface area contributed by atoms with Gasteiger partial charge >= 0.3 is 0 Å². The van der Waals surface area contributed by atoms with Crippen LogP contribution >= 0.6 is 11.3 Å². The van der Waals surface area contributed by atoms with Gasteiger partial charge in [0.1, 0.15) is 21.5 Å². The summed E-state index contributed by atoms with van der Waals surface area (Å²) in [5.74, 6) is 0.629. The summed E-state index contributed by atoms with van der Waals surface area (Å²) in [7, 11) is 0. The zero-order valence-corrected chi connectivity index (χ0v) is 19.6. The lowest BCUT2D eigenvalue weighted by Crippen LogP contribution is -2.42. The Morgan fingerprint density at radius 1 is 0.853 bits per heavy atom. The molecule has 1 amide bonds. The molecule has 1 aliphatic heterocycles. The van der Waals surface area contributed by atoms with E-state index < -0.39 is 0 Å². The van der Waals surface area contributed by atoms with Gasteiger partial charge in [-0.15, -0.1) is 0 Å². The molecule has 0 unspecified atom stereocenters. The Morgan fingerprint density at radius 2 is 1.41 bits per heavy atom. The highest BCUT2D eigenvalue weighted by molar-refractivity contribution is 7.19. The molecule has 5 rings (SSSR count). The second-order valence-corrected chi connectivity index (χ2v) is 9.35. The topological polar surface area (TPSA) is 71.6 Å². The number of carbonyl (C=O) groups is 1. The van der Waals surface area contributed by atoms with Gasteiger partial charge in [0, 0.05) is 35.7 Å². The predicted octanol–water partition coefficient (Wildman–Crippen LogP) is 5.75. The molecular weight excluding hydrogens is 440 g/mol. The van der Waals surface area contributed by atoms with E-state index in [0.717, 1.165) is 64.2 Å². The number of amides is 1. The van der Waals surface area contributed by atoms with E-state index in [-0.39, 0.29) is 11.8 Å². The highest BCUT2D eigenvalue weighted by atomic mass is 32.1. The van der Waals surface area contributed by atoms with Crippen LogP contribution in [0.25, 0.3) is 21.8 Å². The lowest BCUT2D eigenvalue weighted by atomic mass is 9.95. The van der Waals surface area contributed by atoms with Crippen molar-refractivity contribution in [2.45, 2.75) is 12.8 Å². The quantitative estimate of drug-likeness (QED) is 0.301. The van der Waals surface area contributed by atoms with Crippen LogP contribution in [0.1, 0.15) is 18.4 Å². The van der Waals surface area contributed by atoms with Crippen LogP contribution in [0.4, 0.5) is 5.00 Å². The lowest BCUT2D eigenvalue weighted by Gasteiger charge is -2.33. The minimum absolute atomic E-state index is 0.0683. The number of hydrogen-bond acceptors (Lipinski definition) is 4. The monoisotopic (exact) mass is 466 g/mol. The first-order valence-corrected chi connectivity index (χ1v) is 12.3. The van der Waals surface area contributed by atoms with Crippen LogP contribution in [0.3, 0.4) is 0 Å². The maximum absolute atomic E-state index is 11.7. The summed E-state index contributed by atoms with van der Waals surface area (Å²) in [6.07, 6.45) is 1.48. The lowest BCUT2D eigenvalue weighted by molar-refractivity contribution is -0.122. The average Bonchev–Trinajstić information content (AvgIpc) is 3.33. The van der Waals surface area contributed by atoms with Gasteiger partial charge in [0.25, 0.3) is 0 Å². The molecule has 1 fully saturated rings.